The molecule has 1 rings (SSSR count). The highest BCUT2D eigenvalue weighted by Gasteiger charge is 2.06. The molecule has 4 nitrogen and oxygen atoms in total. The lowest BCUT2D eigenvalue weighted by Crippen LogP contribution is -2.17. The number of nitrogens with zero attached hydrogens (tertiary/aromatic N) is 3. The molecule has 1 aromatic heterocycles. The first kappa shape index (κ1) is 12.5. The van der Waals surface area contributed by atoms with E-state index in [0.717, 1.165) is 6.42 Å². The summed E-state index contributed by atoms with van der Waals surface area (Å²) in [5.74, 6) is 0.434. The van der Waals surface area contributed by atoms with Gasteiger partial charge < -0.3 is 5.32 Å². The van der Waals surface area contributed by atoms with Gasteiger partial charge in [0.05, 0.1) is 0 Å². The van der Waals surface area contributed by atoms with Crippen molar-refractivity contribution < 1.29 is 0 Å². The van der Waals surface area contributed by atoms with Gasteiger partial charge in [-0.25, -0.2) is 0 Å². The fraction of sp³-hybridized carbons (Fsp3) is 0.667. The van der Waals surface area contributed by atoms with Crippen LogP contribution in [0.4, 0.5) is 5.95 Å². The molecule has 0 aliphatic heterocycles. The predicted octanol–water partition coefficient (Wildman–Crippen LogP) is 3.17. The Balaban J connectivity index is 2.56. The second kappa shape index (κ2) is 6.08. The summed E-state index contributed by atoms with van der Waals surface area (Å²) in [5, 5.41) is 3.35. The fourth-order valence-electron chi connectivity index (χ4n) is 1.19. The summed E-state index contributed by atoms with van der Waals surface area (Å²) >= 11 is 11.3. The highest BCUT2D eigenvalue weighted by atomic mass is 35.5. The molecule has 0 amide bonds. The molecular formula is C9H14Cl2N4. The Kier molecular flexibility index (Phi) is 5.05. The summed E-state index contributed by atoms with van der Waals surface area (Å²) in [5.41, 5.74) is 0. The van der Waals surface area contributed by atoms with Gasteiger partial charge in [-0.3, -0.25) is 0 Å². The summed E-state index contributed by atoms with van der Waals surface area (Å²) in [6.45, 7) is 4.23. The van der Waals surface area contributed by atoms with Gasteiger partial charge >= 0.3 is 0 Å². The van der Waals surface area contributed by atoms with Crippen LogP contribution in [0, 0.1) is 0 Å². The van der Waals surface area contributed by atoms with Crippen molar-refractivity contribution in [2.45, 2.75) is 39.2 Å². The first-order chi connectivity index (χ1) is 7.11. The third-order valence-electron chi connectivity index (χ3n) is 1.95. The molecule has 0 saturated heterocycles. The quantitative estimate of drug-likeness (QED) is 0.870. The standard InChI is InChI=1S/C9H14Cl2N4/c1-3-4-5-6(2)12-9-14-7(10)13-8(11)15-9/h6H,3-5H2,1-2H3,(H,12,13,14,15). The molecule has 0 radical (unpaired) electrons. The van der Waals surface area contributed by atoms with Gasteiger partial charge in [0.25, 0.3) is 0 Å². The Labute approximate surface area is 99.4 Å². The SMILES string of the molecule is CCCCC(C)Nc1nc(Cl)nc(Cl)n1. The van der Waals surface area contributed by atoms with Crippen LogP contribution in [0.3, 0.4) is 0 Å². The number of nitrogens with one attached hydrogen (secondary N) is 1. The van der Waals surface area contributed by atoms with E-state index in [0.29, 0.717) is 12.0 Å². The molecule has 0 aliphatic carbocycles. The van der Waals surface area contributed by atoms with Crippen LogP contribution in [0.1, 0.15) is 33.1 Å². The largest absolute Gasteiger partial charge is 0.352 e. The lowest BCUT2D eigenvalue weighted by Gasteiger charge is -2.12. The van der Waals surface area contributed by atoms with E-state index in [1.807, 2.05) is 0 Å². The first-order valence-corrected chi connectivity index (χ1v) is 5.71. The van der Waals surface area contributed by atoms with Gasteiger partial charge in [0, 0.05) is 6.04 Å². The molecule has 6 heteroatoms. The summed E-state index contributed by atoms with van der Waals surface area (Å²) in [6.07, 6.45) is 3.41. The molecule has 0 bridgehead atoms. The summed E-state index contributed by atoms with van der Waals surface area (Å²) in [4.78, 5) is 11.5. The maximum Gasteiger partial charge on any atom is 0.228 e. The average molecular weight is 249 g/mol. The maximum absolute atomic E-state index is 5.65. The number of hydrogen-bond acceptors (Lipinski definition) is 4. The highest BCUT2D eigenvalue weighted by Crippen LogP contribution is 2.12. The van der Waals surface area contributed by atoms with Crippen LogP contribution < -0.4 is 5.32 Å². The van der Waals surface area contributed by atoms with E-state index < -0.39 is 0 Å². The van der Waals surface area contributed by atoms with Gasteiger partial charge in [-0.05, 0) is 36.5 Å². The number of unbranched alkanes of at least 4 members (excludes halogenated alkanes) is 1. The molecule has 0 saturated carbocycles. The number of halogens is 2. The van der Waals surface area contributed by atoms with Crippen molar-refractivity contribution in [3.8, 4) is 0 Å². The fourth-order valence-corrected chi connectivity index (χ4v) is 1.56. The van der Waals surface area contributed by atoms with Gasteiger partial charge in [0.1, 0.15) is 0 Å². The monoisotopic (exact) mass is 248 g/mol. The van der Waals surface area contributed by atoms with Crippen molar-refractivity contribution in [2.75, 3.05) is 5.32 Å². The summed E-state index contributed by atoms with van der Waals surface area (Å²) in [7, 11) is 0. The maximum atomic E-state index is 5.65. The lowest BCUT2D eigenvalue weighted by atomic mass is 10.1. The molecule has 0 spiro atoms. The minimum atomic E-state index is 0.111. The zero-order valence-electron chi connectivity index (χ0n) is 8.80. The van der Waals surface area contributed by atoms with E-state index in [2.05, 4.69) is 34.1 Å². The van der Waals surface area contributed by atoms with Gasteiger partial charge in [-0.15, -0.1) is 0 Å². The number of aromatic nitrogens is 3. The Hall–Kier alpha value is -0.610. The van der Waals surface area contributed by atoms with Crippen molar-refractivity contribution in [3.63, 3.8) is 0 Å². The third-order valence-corrected chi connectivity index (χ3v) is 2.29. The zero-order chi connectivity index (χ0) is 11.3. The van der Waals surface area contributed by atoms with Crippen LogP contribution >= 0.6 is 23.2 Å². The van der Waals surface area contributed by atoms with Crippen molar-refractivity contribution in [2.24, 2.45) is 0 Å². The van der Waals surface area contributed by atoms with E-state index in [-0.39, 0.29) is 10.6 Å². The van der Waals surface area contributed by atoms with Crippen molar-refractivity contribution in [1.82, 2.24) is 15.0 Å². The summed E-state index contributed by atoms with van der Waals surface area (Å²) in [6, 6.07) is 0.305. The third kappa shape index (κ3) is 4.62. The van der Waals surface area contributed by atoms with E-state index in [4.69, 9.17) is 23.2 Å². The van der Waals surface area contributed by atoms with Crippen LogP contribution in [0.2, 0.25) is 10.6 Å². The molecule has 0 aromatic carbocycles. The second-order valence-electron chi connectivity index (χ2n) is 3.38. The second-order valence-corrected chi connectivity index (χ2v) is 4.06. The normalized spacial score (nSPS) is 12.5. The first-order valence-electron chi connectivity index (χ1n) is 4.95. The van der Waals surface area contributed by atoms with Crippen molar-refractivity contribution >= 4 is 29.2 Å². The molecule has 0 fully saturated rings. The van der Waals surface area contributed by atoms with Crippen LogP contribution in [-0.4, -0.2) is 21.0 Å². The predicted molar refractivity (Wildman–Crippen MR) is 62.5 cm³/mol. The molecular weight excluding hydrogens is 235 g/mol. The Bertz CT molecular complexity index is 299. The highest BCUT2D eigenvalue weighted by molar-refractivity contribution is 6.31. The molecule has 1 aromatic rings. The van der Waals surface area contributed by atoms with Crippen molar-refractivity contribution in [3.05, 3.63) is 10.6 Å². The number of anilines is 1. The van der Waals surface area contributed by atoms with E-state index in [1.165, 1.54) is 12.8 Å². The van der Waals surface area contributed by atoms with Crippen LogP contribution in [0.25, 0.3) is 0 Å². The van der Waals surface area contributed by atoms with Gasteiger partial charge in [-0.2, -0.15) is 15.0 Å². The molecule has 15 heavy (non-hydrogen) atoms. The molecule has 1 heterocycles. The van der Waals surface area contributed by atoms with Gasteiger partial charge in [0.2, 0.25) is 16.5 Å². The molecule has 1 atom stereocenters. The smallest absolute Gasteiger partial charge is 0.228 e. The molecule has 1 N–H and O–H groups in total. The topological polar surface area (TPSA) is 50.7 Å². The number of rotatable bonds is 5. The zero-order valence-corrected chi connectivity index (χ0v) is 10.3. The van der Waals surface area contributed by atoms with E-state index in [9.17, 15) is 0 Å². The lowest BCUT2D eigenvalue weighted by molar-refractivity contribution is 0.640. The van der Waals surface area contributed by atoms with Crippen molar-refractivity contribution in [1.29, 1.82) is 0 Å². The van der Waals surface area contributed by atoms with Gasteiger partial charge in [0.15, 0.2) is 0 Å². The minimum Gasteiger partial charge on any atom is -0.352 e. The average Bonchev–Trinajstić information content (AvgIpc) is 2.13. The Morgan fingerprint density at radius 1 is 1.20 bits per heavy atom. The molecule has 1 unspecified atom stereocenters. The van der Waals surface area contributed by atoms with E-state index in [1.54, 1.807) is 0 Å². The minimum absolute atomic E-state index is 0.111. The summed E-state index contributed by atoms with van der Waals surface area (Å²) < 4.78 is 0. The Morgan fingerprint density at radius 2 is 1.80 bits per heavy atom. The van der Waals surface area contributed by atoms with Crippen LogP contribution in [0.15, 0.2) is 0 Å². The van der Waals surface area contributed by atoms with Crippen LogP contribution in [0.5, 0.6) is 0 Å². The number of hydrogen-bond donors (Lipinski definition) is 1. The Morgan fingerprint density at radius 3 is 2.33 bits per heavy atom. The molecule has 0 aliphatic rings. The van der Waals surface area contributed by atoms with Crippen LogP contribution in [-0.2, 0) is 0 Å². The molecule has 84 valence electrons. The van der Waals surface area contributed by atoms with Gasteiger partial charge in [-0.1, -0.05) is 19.8 Å². The van der Waals surface area contributed by atoms with E-state index >= 15 is 0 Å².